The van der Waals surface area contributed by atoms with E-state index in [2.05, 4.69) is 22.0 Å². The van der Waals surface area contributed by atoms with Crippen LogP contribution >= 0.6 is 0 Å². The van der Waals surface area contributed by atoms with Gasteiger partial charge in [0.05, 0.1) is 31.4 Å². The molecule has 5 rings (SSSR count). The third-order valence-corrected chi connectivity index (χ3v) is 5.58. The van der Waals surface area contributed by atoms with E-state index in [4.69, 9.17) is 14.1 Å². The van der Waals surface area contributed by atoms with Crippen molar-refractivity contribution in [1.29, 1.82) is 0 Å². The maximum atomic E-state index is 12.7. The number of nitrogens with zero attached hydrogens (tertiary/aromatic N) is 4. The molecule has 0 spiro atoms. The second kappa shape index (κ2) is 8.20. The highest BCUT2D eigenvalue weighted by molar-refractivity contribution is 5.67. The van der Waals surface area contributed by atoms with Gasteiger partial charge in [0.2, 0.25) is 5.95 Å². The third-order valence-electron chi connectivity index (χ3n) is 5.58. The molecule has 0 radical (unpaired) electrons. The standard InChI is InChI=1S/C24H22N4O3/c1-27-23(29)14-21(17-6-9-25-10-7-17)26-24(27)28-11-13-31-22(15-28)20-5-3-2-4-19(20)18-8-12-30-16-18/h2-10,12,14,16,22H,11,13,15H2,1H3. The minimum absolute atomic E-state index is 0.0985. The lowest BCUT2D eigenvalue weighted by Gasteiger charge is -2.35. The first kappa shape index (κ1) is 19.3. The van der Waals surface area contributed by atoms with Crippen LogP contribution in [0.25, 0.3) is 22.4 Å². The lowest BCUT2D eigenvalue weighted by atomic mass is 9.97. The van der Waals surface area contributed by atoms with Crippen molar-refractivity contribution in [2.75, 3.05) is 24.6 Å². The predicted octanol–water partition coefficient (Wildman–Crippen LogP) is 3.68. The summed E-state index contributed by atoms with van der Waals surface area (Å²) in [5.74, 6) is 0.633. The second-order valence-corrected chi connectivity index (χ2v) is 7.48. The molecule has 7 heteroatoms. The molecule has 156 valence electrons. The average Bonchev–Trinajstić information content (AvgIpc) is 3.36. The Morgan fingerprint density at radius 1 is 1.06 bits per heavy atom. The molecule has 1 fully saturated rings. The van der Waals surface area contributed by atoms with Gasteiger partial charge in [-0.25, -0.2) is 4.98 Å². The van der Waals surface area contributed by atoms with E-state index in [0.717, 1.165) is 22.3 Å². The van der Waals surface area contributed by atoms with Gasteiger partial charge in [0.25, 0.3) is 5.56 Å². The summed E-state index contributed by atoms with van der Waals surface area (Å²) < 4.78 is 13.0. The molecule has 1 unspecified atom stereocenters. The number of ether oxygens (including phenoxy) is 1. The molecule has 4 aromatic rings. The number of hydrogen-bond donors (Lipinski definition) is 0. The first-order chi connectivity index (χ1) is 15.2. The van der Waals surface area contributed by atoms with Crippen LogP contribution in [-0.4, -0.2) is 34.2 Å². The van der Waals surface area contributed by atoms with Crippen molar-refractivity contribution in [3.63, 3.8) is 0 Å². The predicted molar refractivity (Wildman–Crippen MR) is 118 cm³/mol. The zero-order valence-corrected chi connectivity index (χ0v) is 17.1. The van der Waals surface area contributed by atoms with E-state index in [0.29, 0.717) is 31.3 Å². The fourth-order valence-corrected chi connectivity index (χ4v) is 3.96. The largest absolute Gasteiger partial charge is 0.472 e. The number of hydrogen-bond acceptors (Lipinski definition) is 6. The average molecular weight is 414 g/mol. The van der Waals surface area contributed by atoms with Crippen LogP contribution in [0, 0.1) is 0 Å². The van der Waals surface area contributed by atoms with Crippen LogP contribution in [0.15, 0.2) is 82.7 Å². The van der Waals surface area contributed by atoms with Crippen LogP contribution < -0.4 is 10.5 Å². The summed E-state index contributed by atoms with van der Waals surface area (Å²) >= 11 is 0. The zero-order chi connectivity index (χ0) is 21.2. The molecule has 0 N–H and O–H groups in total. The summed E-state index contributed by atoms with van der Waals surface area (Å²) in [7, 11) is 1.75. The van der Waals surface area contributed by atoms with Crippen LogP contribution in [0.2, 0.25) is 0 Å². The summed E-state index contributed by atoms with van der Waals surface area (Å²) in [6.45, 7) is 1.79. The fraction of sp³-hybridized carbons (Fsp3) is 0.208. The molecule has 0 saturated carbocycles. The van der Waals surface area contributed by atoms with E-state index in [1.165, 1.54) is 0 Å². The Morgan fingerprint density at radius 3 is 2.71 bits per heavy atom. The highest BCUT2D eigenvalue weighted by Gasteiger charge is 2.27. The van der Waals surface area contributed by atoms with E-state index in [-0.39, 0.29) is 11.7 Å². The van der Waals surface area contributed by atoms with Crippen LogP contribution in [-0.2, 0) is 11.8 Å². The van der Waals surface area contributed by atoms with Crippen LogP contribution in [0.5, 0.6) is 0 Å². The van der Waals surface area contributed by atoms with Gasteiger partial charge in [-0.1, -0.05) is 24.3 Å². The SMILES string of the molecule is Cn1c(N2CCOC(c3ccccc3-c3ccoc3)C2)nc(-c2ccncc2)cc1=O. The number of aromatic nitrogens is 3. The Morgan fingerprint density at radius 2 is 1.90 bits per heavy atom. The second-order valence-electron chi connectivity index (χ2n) is 7.48. The van der Waals surface area contributed by atoms with Crippen molar-refractivity contribution in [2.45, 2.75) is 6.10 Å². The third kappa shape index (κ3) is 3.75. The molecule has 1 atom stereocenters. The lowest BCUT2D eigenvalue weighted by molar-refractivity contribution is 0.0393. The van der Waals surface area contributed by atoms with Crippen LogP contribution in [0.1, 0.15) is 11.7 Å². The highest BCUT2D eigenvalue weighted by atomic mass is 16.5. The lowest BCUT2D eigenvalue weighted by Crippen LogP contribution is -2.41. The van der Waals surface area contributed by atoms with Crippen molar-refractivity contribution in [3.8, 4) is 22.4 Å². The molecule has 1 aromatic carbocycles. The van der Waals surface area contributed by atoms with Gasteiger partial charge in [-0.15, -0.1) is 0 Å². The number of anilines is 1. The van der Waals surface area contributed by atoms with E-state index < -0.39 is 0 Å². The van der Waals surface area contributed by atoms with E-state index >= 15 is 0 Å². The Kier molecular flexibility index (Phi) is 5.09. The van der Waals surface area contributed by atoms with E-state index in [1.807, 2.05) is 30.3 Å². The smallest absolute Gasteiger partial charge is 0.255 e. The molecule has 0 amide bonds. The van der Waals surface area contributed by atoms with E-state index in [1.54, 1.807) is 42.6 Å². The normalized spacial score (nSPS) is 16.4. The molecule has 0 aliphatic carbocycles. The van der Waals surface area contributed by atoms with Crippen LogP contribution in [0.3, 0.4) is 0 Å². The Labute approximate surface area is 179 Å². The van der Waals surface area contributed by atoms with Gasteiger partial charge in [0.15, 0.2) is 0 Å². The first-order valence-corrected chi connectivity index (χ1v) is 10.2. The van der Waals surface area contributed by atoms with Crippen molar-refractivity contribution < 1.29 is 9.15 Å². The number of furan rings is 1. The molecule has 1 aliphatic rings. The zero-order valence-electron chi connectivity index (χ0n) is 17.1. The number of benzene rings is 1. The summed E-state index contributed by atoms with van der Waals surface area (Å²) in [4.78, 5) is 23.7. The molecule has 7 nitrogen and oxygen atoms in total. The van der Waals surface area contributed by atoms with Gasteiger partial charge >= 0.3 is 0 Å². The molecule has 1 saturated heterocycles. The minimum Gasteiger partial charge on any atom is -0.472 e. The summed E-state index contributed by atoms with van der Waals surface area (Å²) in [5.41, 5.74) is 4.59. The Hall–Kier alpha value is -3.71. The van der Waals surface area contributed by atoms with Gasteiger partial charge in [0, 0.05) is 43.2 Å². The van der Waals surface area contributed by atoms with Gasteiger partial charge < -0.3 is 14.1 Å². The number of morpholine rings is 1. The minimum atomic E-state index is -0.152. The molecule has 3 aromatic heterocycles. The monoisotopic (exact) mass is 414 g/mol. The molecule has 0 bridgehead atoms. The molecular formula is C24H22N4O3. The molecule has 4 heterocycles. The molecular weight excluding hydrogens is 392 g/mol. The van der Waals surface area contributed by atoms with Crippen LogP contribution in [0.4, 0.5) is 5.95 Å². The summed E-state index contributed by atoms with van der Waals surface area (Å²) in [5, 5.41) is 0. The quantitative estimate of drug-likeness (QED) is 0.507. The maximum absolute atomic E-state index is 12.7. The highest BCUT2D eigenvalue weighted by Crippen LogP contribution is 2.33. The van der Waals surface area contributed by atoms with Crippen molar-refractivity contribution in [2.24, 2.45) is 7.05 Å². The van der Waals surface area contributed by atoms with Crippen molar-refractivity contribution in [1.82, 2.24) is 14.5 Å². The number of pyridine rings is 1. The van der Waals surface area contributed by atoms with Crippen molar-refractivity contribution >= 4 is 5.95 Å². The van der Waals surface area contributed by atoms with Gasteiger partial charge in [-0.05, 0) is 29.3 Å². The molecule has 31 heavy (non-hydrogen) atoms. The Bertz CT molecular complexity index is 1240. The first-order valence-electron chi connectivity index (χ1n) is 10.2. The molecule has 1 aliphatic heterocycles. The van der Waals surface area contributed by atoms with Crippen molar-refractivity contribution in [3.05, 3.63) is 89.4 Å². The summed E-state index contributed by atoms with van der Waals surface area (Å²) in [6, 6.07) is 15.4. The fourth-order valence-electron chi connectivity index (χ4n) is 3.96. The number of rotatable bonds is 4. The van der Waals surface area contributed by atoms with Gasteiger partial charge in [-0.3, -0.25) is 14.3 Å². The van der Waals surface area contributed by atoms with E-state index in [9.17, 15) is 4.79 Å². The van der Waals surface area contributed by atoms with Gasteiger partial charge in [-0.2, -0.15) is 0 Å². The summed E-state index contributed by atoms with van der Waals surface area (Å²) in [6.07, 6.45) is 6.66. The topological polar surface area (TPSA) is 73.4 Å². The maximum Gasteiger partial charge on any atom is 0.255 e. The Balaban J connectivity index is 1.50. The van der Waals surface area contributed by atoms with Gasteiger partial charge in [0.1, 0.15) is 6.10 Å².